The Hall–Kier alpha value is -3.22. The molecule has 3 rings (SSSR count). The molecule has 1 aromatic carbocycles. The zero-order valence-corrected chi connectivity index (χ0v) is 14.4. The van der Waals surface area contributed by atoms with Crippen molar-refractivity contribution in [3.63, 3.8) is 0 Å². The second kappa shape index (κ2) is 8.75. The minimum Gasteiger partial charge on any atom is -0.356 e. The molecule has 3 aromatic rings. The van der Waals surface area contributed by atoms with Crippen molar-refractivity contribution >= 4 is 17.5 Å². The van der Waals surface area contributed by atoms with E-state index in [9.17, 15) is 9.59 Å². The van der Waals surface area contributed by atoms with Gasteiger partial charge in [0, 0.05) is 37.7 Å². The fourth-order valence-electron chi connectivity index (χ4n) is 2.61. The van der Waals surface area contributed by atoms with Crippen LogP contribution in [-0.2, 0) is 11.2 Å². The molecule has 7 heteroatoms. The summed E-state index contributed by atoms with van der Waals surface area (Å²) in [6.45, 7) is 0.973. The third-order valence-electron chi connectivity index (χ3n) is 3.96. The van der Waals surface area contributed by atoms with Crippen LogP contribution in [0.5, 0.6) is 0 Å². The molecule has 2 aromatic heterocycles. The molecule has 0 atom stereocenters. The van der Waals surface area contributed by atoms with Gasteiger partial charge in [-0.1, -0.05) is 24.3 Å². The van der Waals surface area contributed by atoms with Crippen LogP contribution in [0.2, 0.25) is 0 Å². The smallest absolute Gasteiger partial charge is 0.251 e. The van der Waals surface area contributed by atoms with Gasteiger partial charge < -0.3 is 10.6 Å². The molecule has 2 N–H and O–H groups in total. The summed E-state index contributed by atoms with van der Waals surface area (Å²) in [4.78, 5) is 23.8. The number of nitrogens with one attached hydrogen (secondary N) is 2. The number of pyridine rings is 1. The van der Waals surface area contributed by atoms with Crippen LogP contribution in [0.1, 0.15) is 29.0 Å². The number of hydrogen-bond acceptors (Lipinski definition) is 4. The van der Waals surface area contributed by atoms with Crippen molar-refractivity contribution in [3.05, 3.63) is 66.1 Å². The normalized spacial score (nSPS) is 10.6. The largest absolute Gasteiger partial charge is 0.356 e. The summed E-state index contributed by atoms with van der Waals surface area (Å²) in [7, 11) is 0. The van der Waals surface area contributed by atoms with Crippen LogP contribution in [0.4, 0.5) is 0 Å². The van der Waals surface area contributed by atoms with Crippen molar-refractivity contribution in [3.8, 4) is 0 Å². The third-order valence-corrected chi connectivity index (χ3v) is 3.96. The van der Waals surface area contributed by atoms with E-state index in [0.717, 1.165) is 11.5 Å². The van der Waals surface area contributed by atoms with Crippen LogP contribution in [0.15, 0.2) is 54.7 Å². The molecule has 7 nitrogen and oxygen atoms in total. The highest BCUT2D eigenvalue weighted by Gasteiger charge is 2.07. The summed E-state index contributed by atoms with van der Waals surface area (Å²) in [5.41, 5.74) is 1.42. The van der Waals surface area contributed by atoms with Crippen molar-refractivity contribution < 1.29 is 9.59 Å². The number of rotatable bonds is 8. The lowest BCUT2D eigenvalue weighted by atomic mass is 10.2. The first kappa shape index (κ1) is 17.6. The van der Waals surface area contributed by atoms with E-state index in [4.69, 9.17) is 0 Å². The Bertz CT molecular complexity index is 876. The number of benzene rings is 1. The molecule has 0 spiro atoms. The molecule has 26 heavy (non-hydrogen) atoms. The topological polar surface area (TPSA) is 88.4 Å². The molecule has 0 saturated carbocycles. The molecule has 0 aliphatic heterocycles. The maximum absolute atomic E-state index is 11.9. The predicted octanol–water partition coefficient (Wildman–Crippen LogP) is 1.60. The number of aromatic nitrogens is 3. The van der Waals surface area contributed by atoms with Gasteiger partial charge in [-0.15, -0.1) is 10.2 Å². The quantitative estimate of drug-likeness (QED) is 0.603. The molecule has 0 aliphatic rings. The zero-order chi connectivity index (χ0) is 18.2. The Kier molecular flexibility index (Phi) is 5.92. The lowest BCUT2D eigenvalue weighted by Gasteiger charge is -2.06. The molecular formula is C19H21N5O2. The van der Waals surface area contributed by atoms with Gasteiger partial charge in [-0.3, -0.25) is 14.0 Å². The van der Waals surface area contributed by atoms with Gasteiger partial charge in [0.25, 0.3) is 5.91 Å². The zero-order valence-electron chi connectivity index (χ0n) is 14.4. The molecule has 134 valence electrons. The third kappa shape index (κ3) is 4.66. The van der Waals surface area contributed by atoms with Gasteiger partial charge in [-0.05, 0) is 30.7 Å². The van der Waals surface area contributed by atoms with Gasteiger partial charge in [0.2, 0.25) is 5.91 Å². The van der Waals surface area contributed by atoms with Crippen LogP contribution < -0.4 is 10.6 Å². The Morgan fingerprint density at radius 3 is 2.58 bits per heavy atom. The van der Waals surface area contributed by atoms with Crippen LogP contribution in [-0.4, -0.2) is 39.5 Å². The Morgan fingerprint density at radius 1 is 0.923 bits per heavy atom. The summed E-state index contributed by atoms with van der Waals surface area (Å²) in [6, 6.07) is 14.7. The Morgan fingerprint density at radius 2 is 1.73 bits per heavy atom. The van der Waals surface area contributed by atoms with E-state index in [0.29, 0.717) is 37.9 Å². The summed E-state index contributed by atoms with van der Waals surface area (Å²) in [5, 5.41) is 13.9. The first-order valence-corrected chi connectivity index (χ1v) is 8.62. The molecule has 0 unspecified atom stereocenters. The van der Waals surface area contributed by atoms with Crippen molar-refractivity contribution in [1.82, 2.24) is 25.2 Å². The van der Waals surface area contributed by atoms with Crippen LogP contribution in [0.25, 0.3) is 5.65 Å². The number of carbonyl (C=O) groups is 2. The summed E-state index contributed by atoms with van der Waals surface area (Å²) >= 11 is 0. The minimum absolute atomic E-state index is 0.0345. The molecule has 0 saturated heterocycles. The van der Waals surface area contributed by atoms with E-state index in [1.807, 2.05) is 47.0 Å². The SMILES string of the molecule is O=C(CCCNC(=O)c1ccccc1)NCCc1nnc2ccccn12. The van der Waals surface area contributed by atoms with Crippen LogP contribution in [0.3, 0.4) is 0 Å². The number of fused-ring (bicyclic) bond motifs is 1. The van der Waals surface area contributed by atoms with E-state index in [-0.39, 0.29) is 11.8 Å². The van der Waals surface area contributed by atoms with E-state index >= 15 is 0 Å². The van der Waals surface area contributed by atoms with Crippen molar-refractivity contribution in [2.75, 3.05) is 13.1 Å². The first-order valence-electron chi connectivity index (χ1n) is 8.62. The average molecular weight is 351 g/mol. The van der Waals surface area contributed by atoms with E-state index < -0.39 is 0 Å². The average Bonchev–Trinajstić information content (AvgIpc) is 3.09. The summed E-state index contributed by atoms with van der Waals surface area (Å²) < 4.78 is 1.91. The second-order valence-corrected chi connectivity index (χ2v) is 5.87. The van der Waals surface area contributed by atoms with E-state index in [1.165, 1.54) is 0 Å². The first-order chi connectivity index (χ1) is 12.7. The fourth-order valence-corrected chi connectivity index (χ4v) is 2.61. The van der Waals surface area contributed by atoms with E-state index in [2.05, 4.69) is 20.8 Å². The highest BCUT2D eigenvalue weighted by molar-refractivity contribution is 5.94. The second-order valence-electron chi connectivity index (χ2n) is 5.87. The molecule has 2 heterocycles. The van der Waals surface area contributed by atoms with Gasteiger partial charge in [0.1, 0.15) is 5.82 Å². The number of amides is 2. The molecule has 0 aliphatic carbocycles. The highest BCUT2D eigenvalue weighted by Crippen LogP contribution is 2.03. The maximum Gasteiger partial charge on any atom is 0.251 e. The number of hydrogen-bond donors (Lipinski definition) is 2. The van der Waals surface area contributed by atoms with Gasteiger partial charge in [0.15, 0.2) is 5.65 Å². The van der Waals surface area contributed by atoms with Gasteiger partial charge in [-0.25, -0.2) is 0 Å². The van der Waals surface area contributed by atoms with Crippen molar-refractivity contribution in [2.24, 2.45) is 0 Å². The van der Waals surface area contributed by atoms with Gasteiger partial charge >= 0.3 is 0 Å². The fraction of sp³-hybridized carbons (Fsp3) is 0.263. The lowest BCUT2D eigenvalue weighted by Crippen LogP contribution is -2.28. The van der Waals surface area contributed by atoms with Crippen molar-refractivity contribution in [1.29, 1.82) is 0 Å². The molecule has 0 fully saturated rings. The molecule has 0 bridgehead atoms. The van der Waals surface area contributed by atoms with Gasteiger partial charge in [-0.2, -0.15) is 0 Å². The monoisotopic (exact) mass is 351 g/mol. The number of carbonyl (C=O) groups excluding carboxylic acids is 2. The standard InChI is InChI=1S/C19H21N5O2/c25-18(10-6-12-21-19(26)15-7-2-1-3-8-15)20-13-11-17-23-22-16-9-4-5-14-24(16)17/h1-5,7-9,14H,6,10-13H2,(H,20,25)(H,21,26). The lowest BCUT2D eigenvalue weighted by molar-refractivity contribution is -0.121. The molecule has 2 amide bonds. The Balaban J connectivity index is 1.33. The maximum atomic E-state index is 11.9. The van der Waals surface area contributed by atoms with Gasteiger partial charge in [0.05, 0.1) is 0 Å². The predicted molar refractivity (Wildman–Crippen MR) is 97.7 cm³/mol. The minimum atomic E-state index is -0.121. The molecular weight excluding hydrogens is 330 g/mol. The van der Waals surface area contributed by atoms with Crippen LogP contribution >= 0.6 is 0 Å². The van der Waals surface area contributed by atoms with Crippen molar-refractivity contribution in [2.45, 2.75) is 19.3 Å². The summed E-state index contributed by atoms with van der Waals surface area (Å²) in [6.07, 6.45) is 3.48. The number of nitrogens with zero attached hydrogens (tertiary/aromatic N) is 3. The van der Waals surface area contributed by atoms with E-state index in [1.54, 1.807) is 12.1 Å². The van der Waals surface area contributed by atoms with Crippen LogP contribution in [0, 0.1) is 0 Å². The molecule has 0 radical (unpaired) electrons. The highest BCUT2D eigenvalue weighted by atomic mass is 16.2. The Labute approximate surface area is 151 Å². The summed E-state index contributed by atoms with van der Waals surface area (Å²) in [5.74, 6) is 0.661.